The molecule has 8 aromatic rings. The highest BCUT2D eigenvalue weighted by molar-refractivity contribution is 6.16. The first-order valence-electron chi connectivity index (χ1n) is 14.3. The molecule has 1 aliphatic carbocycles. The zero-order valence-corrected chi connectivity index (χ0v) is 22.8. The summed E-state index contributed by atoms with van der Waals surface area (Å²) >= 11 is 0. The van der Waals surface area contributed by atoms with Gasteiger partial charge in [-0.05, 0) is 92.2 Å². The smallest absolute Gasteiger partial charge is 0.143 e. The molecule has 0 unspecified atom stereocenters. The second-order valence-electron chi connectivity index (χ2n) is 11.0. The van der Waals surface area contributed by atoms with Crippen LogP contribution in [0.15, 0.2) is 150 Å². The Balaban J connectivity index is 1.00. The largest absolute Gasteiger partial charge is 0.455 e. The minimum absolute atomic E-state index is 0.920. The van der Waals surface area contributed by atoms with Crippen molar-refractivity contribution >= 4 is 44.1 Å². The van der Waals surface area contributed by atoms with E-state index in [1.54, 1.807) is 0 Å². The van der Waals surface area contributed by atoms with Gasteiger partial charge in [0.15, 0.2) is 0 Å². The highest BCUT2D eigenvalue weighted by Crippen LogP contribution is 2.48. The van der Waals surface area contributed by atoms with Crippen LogP contribution >= 0.6 is 0 Å². The molecule has 2 nitrogen and oxygen atoms in total. The quantitative estimate of drug-likeness (QED) is 0.242. The Labute approximate surface area is 243 Å². The van der Waals surface area contributed by atoms with E-state index in [0.717, 1.165) is 44.4 Å². The lowest BCUT2D eigenvalue weighted by Gasteiger charge is -2.11. The van der Waals surface area contributed by atoms with Gasteiger partial charge in [0.2, 0.25) is 0 Å². The lowest BCUT2D eigenvalue weighted by molar-refractivity contribution is 0.670. The predicted octanol–water partition coefficient (Wildman–Crippen LogP) is 11.5. The summed E-state index contributed by atoms with van der Waals surface area (Å²) in [5.74, 6) is 0. The first-order chi connectivity index (χ1) is 20.8. The Morgan fingerprint density at radius 2 is 1.02 bits per heavy atom. The van der Waals surface area contributed by atoms with Gasteiger partial charge in [0.05, 0.1) is 0 Å². The Bertz CT molecular complexity index is 2310. The number of furan rings is 1. The molecule has 0 spiro atoms. The fourth-order valence-corrected chi connectivity index (χ4v) is 6.60. The summed E-state index contributed by atoms with van der Waals surface area (Å²) in [6.07, 6.45) is 0. The average molecular weight is 536 g/mol. The van der Waals surface area contributed by atoms with Crippen LogP contribution in [0.2, 0.25) is 0 Å². The molecule has 0 fully saturated rings. The first kappa shape index (κ1) is 23.1. The lowest BCUT2D eigenvalue weighted by Crippen LogP contribution is -1.90. The molecule has 1 N–H and O–H groups in total. The second-order valence-corrected chi connectivity index (χ2v) is 11.0. The summed E-state index contributed by atoms with van der Waals surface area (Å²) in [5.41, 5.74) is 14.0. The van der Waals surface area contributed by atoms with Gasteiger partial charge in [-0.25, -0.2) is 0 Å². The summed E-state index contributed by atoms with van der Waals surface area (Å²) in [6.45, 7) is 0. The Kier molecular flexibility index (Phi) is 4.93. The molecule has 0 saturated carbocycles. The number of benzene rings is 7. The van der Waals surface area contributed by atoms with E-state index in [0.29, 0.717) is 0 Å². The van der Waals surface area contributed by atoms with Crippen molar-refractivity contribution in [2.24, 2.45) is 0 Å². The standard InChI is InChI=1S/C40H25NO/c1-2-9-33-32(8-1)35-12-5-7-27-23-28(24-37(33)39(27)35)25-15-19-29(20-16-25)41-30-21-17-26(18-22-30)31-11-6-13-36-34-10-3-4-14-38(34)42-40(31)36/h1-24,41H. The van der Waals surface area contributed by atoms with Gasteiger partial charge >= 0.3 is 0 Å². The van der Waals surface area contributed by atoms with E-state index < -0.39 is 0 Å². The number of anilines is 2. The molecule has 0 radical (unpaired) electrons. The molecule has 0 bridgehead atoms. The molecule has 0 atom stereocenters. The fourth-order valence-electron chi connectivity index (χ4n) is 6.60. The maximum Gasteiger partial charge on any atom is 0.143 e. The van der Waals surface area contributed by atoms with Gasteiger partial charge in [0.1, 0.15) is 11.2 Å². The zero-order valence-electron chi connectivity index (χ0n) is 22.8. The van der Waals surface area contributed by atoms with E-state index in [9.17, 15) is 0 Å². The Morgan fingerprint density at radius 1 is 0.405 bits per heavy atom. The molecule has 0 amide bonds. The second kappa shape index (κ2) is 8.95. The maximum atomic E-state index is 6.25. The van der Waals surface area contributed by atoms with E-state index in [1.807, 2.05) is 12.1 Å². The Hall–Kier alpha value is -5.60. The van der Waals surface area contributed by atoms with Crippen molar-refractivity contribution in [1.29, 1.82) is 0 Å². The predicted molar refractivity (Wildman–Crippen MR) is 176 cm³/mol. The van der Waals surface area contributed by atoms with Crippen LogP contribution in [0.3, 0.4) is 0 Å². The van der Waals surface area contributed by atoms with Crippen LogP contribution in [-0.2, 0) is 0 Å². The van der Waals surface area contributed by atoms with Gasteiger partial charge in [-0.3, -0.25) is 0 Å². The summed E-state index contributed by atoms with van der Waals surface area (Å²) in [5, 5.41) is 8.52. The summed E-state index contributed by atoms with van der Waals surface area (Å²) in [4.78, 5) is 0. The molecule has 0 aliphatic heterocycles. The van der Waals surface area contributed by atoms with Gasteiger partial charge in [-0.1, -0.05) is 103 Å². The molecule has 9 rings (SSSR count). The summed E-state index contributed by atoms with van der Waals surface area (Å²) in [6, 6.07) is 51.9. The van der Waals surface area contributed by atoms with Crippen LogP contribution in [0.1, 0.15) is 0 Å². The van der Waals surface area contributed by atoms with Crippen molar-refractivity contribution in [1.82, 2.24) is 0 Å². The fraction of sp³-hybridized carbons (Fsp3) is 0. The van der Waals surface area contributed by atoms with Crippen molar-refractivity contribution in [3.8, 4) is 44.5 Å². The van der Waals surface area contributed by atoms with E-state index in [1.165, 1.54) is 44.2 Å². The topological polar surface area (TPSA) is 25.2 Å². The van der Waals surface area contributed by atoms with Gasteiger partial charge < -0.3 is 9.73 Å². The number of rotatable bonds is 4. The zero-order chi connectivity index (χ0) is 27.6. The minimum atomic E-state index is 0.920. The van der Waals surface area contributed by atoms with Gasteiger partial charge in [-0.15, -0.1) is 0 Å². The molecule has 1 aromatic heterocycles. The third kappa shape index (κ3) is 3.52. The molecule has 0 saturated heterocycles. The number of hydrogen-bond donors (Lipinski definition) is 1. The third-order valence-corrected chi connectivity index (χ3v) is 8.59. The third-order valence-electron chi connectivity index (χ3n) is 8.59. The van der Waals surface area contributed by atoms with Crippen molar-refractivity contribution < 1.29 is 4.42 Å². The Morgan fingerprint density at radius 3 is 1.83 bits per heavy atom. The maximum absolute atomic E-state index is 6.25. The summed E-state index contributed by atoms with van der Waals surface area (Å²) < 4.78 is 6.25. The highest BCUT2D eigenvalue weighted by atomic mass is 16.3. The van der Waals surface area contributed by atoms with Gasteiger partial charge in [0, 0.05) is 27.7 Å². The molecular formula is C40H25NO. The van der Waals surface area contributed by atoms with Crippen LogP contribution in [0.5, 0.6) is 0 Å². The van der Waals surface area contributed by atoms with Gasteiger partial charge in [-0.2, -0.15) is 0 Å². The van der Waals surface area contributed by atoms with E-state index in [4.69, 9.17) is 4.42 Å². The number of para-hydroxylation sites is 2. The molecular weight excluding hydrogens is 510 g/mol. The van der Waals surface area contributed by atoms with Crippen molar-refractivity contribution in [2.45, 2.75) is 0 Å². The van der Waals surface area contributed by atoms with Crippen LogP contribution < -0.4 is 5.32 Å². The van der Waals surface area contributed by atoms with Crippen LogP contribution in [-0.4, -0.2) is 0 Å². The van der Waals surface area contributed by atoms with E-state index in [-0.39, 0.29) is 0 Å². The number of hydrogen-bond acceptors (Lipinski definition) is 2. The van der Waals surface area contributed by atoms with Crippen molar-refractivity contribution in [2.75, 3.05) is 5.32 Å². The lowest BCUT2D eigenvalue weighted by atomic mass is 9.96. The molecule has 2 heteroatoms. The molecule has 7 aromatic carbocycles. The summed E-state index contributed by atoms with van der Waals surface area (Å²) in [7, 11) is 0. The van der Waals surface area contributed by atoms with E-state index in [2.05, 4.69) is 139 Å². The number of fused-ring (bicyclic) bond motifs is 6. The monoisotopic (exact) mass is 535 g/mol. The van der Waals surface area contributed by atoms with Crippen molar-refractivity contribution in [3.05, 3.63) is 146 Å². The minimum Gasteiger partial charge on any atom is -0.455 e. The normalized spacial score (nSPS) is 11.8. The molecule has 1 heterocycles. The SMILES string of the molecule is c1ccc2c(c1)-c1cccc3cc(-c4ccc(Nc5ccc(-c6cccc7c6oc6ccccc67)cc5)cc4)cc-2c13. The first-order valence-corrected chi connectivity index (χ1v) is 14.3. The molecule has 1 aliphatic rings. The van der Waals surface area contributed by atoms with Gasteiger partial charge in [0.25, 0.3) is 0 Å². The molecule has 196 valence electrons. The number of nitrogens with one attached hydrogen (secondary N) is 1. The highest BCUT2D eigenvalue weighted by Gasteiger charge is 2.21. The van der Waals surface area contributed by atoms with E-state index >= 15 is 0 Å². The average Bonchev–Trinajstić information content (AvgIpc) is 3.59. The molecule has 42 heavy (non-hydrogen) atoms. The van der Waals surface area contributed by atoms with Crippen LogP contribution in [0.4, 0.5) is 11.4 Å². The van der Waals surface area contributed by atoms with Crippen molar-refractivity contribution in [3.63, 3.8) is 0 Å². The van der Waals surface area contributed by atoms with Crippen LogP contribution in [0, 0.1) is 0 Å². The van der Waals surface area contributed by atoms with Crippen LogP contribution in [0.25, 0.3) is 77.2 Å².